The van der Waals surface area contributed by atoms with Gasteiger partial charge >= 0.3 is 5.97 Å². The first-order valence-electron chi connectivity index (χ1n) is 6.95. The van der Waals surface area contributed by atoms with Crippen molar-refractivity contribution in [2.24, 2.45) is 11.3 Å². The smallest absolute Gasteiger partial charge is 0.310 e. The summed E-state index contributed by atoms with van der Waals surface area (Å²) >= 11 is 3.45. The van der Waals surface area contributed by atoms with Gasteiger partial charge in [0, 0.05) is 10.9 Å². The average Bonchev–Trinajstić information content (AvgIpc) is 2.38. The van der Waals surface area contributed by atoms with Crippen LogP contribution < -0.4 is 5.32 Å². The Morgan fingerprint density at radius 2 is 1.86 bits per heavy atom. The second kappa shape index (κ2) is 7.07. The molecule has 21 heavy (non-hydrogen) atoms. The van der Waals surface area contributed by atoms with Crippen LogP contribution in [0.3, 0.4) is 0 Å². The second-order valence-corrected chi connectivity index (χ2v) is 6.72. The van der Waals surface area contributed by atoms with Crippen molar-refractivity contribution >= 4 is 27.8 Å². The van der Waals surface area contributed by atoms with Gasteiger partial charge in [-0.05, 0) is 31.4 Å². The summed E-state index contributed by atoms with van der Waals surface area (Å²) in [6.45, 7) is 7.13. The van der Waals surface area contributed by atoms with Crippen LogP contribution >= 0.6 is 15.9 Å². The zero-order chi connectivity index (χ0) is 16.2. The van der Waals surface area contributed by atoms with Crippen molar-refractivity contribution in [3.8, 4) is 0 Å². The lowest BCUT2D eigenvalue weighted by Gasteiger charge is -2.29. The standard InChI is InChI=1S/C16H22BrNO3/c1-10(2)16(4,15(20)21)9-14(19)18-11(3)12-7-5-6-8-13(12)17/h5-8,10-11H,9H2,1-4H3,(H,18,19)(H,20,21). The minimum absolute atomic E-state index is 0.0329. The van der Waals surface area contributed by atoms with Crippen LogP contribution in [0.1, 0.15) is 45.7 Å². The number of rotatable bonds is 6. The first-order valence-corrected chi connectivity index (χ1v) is 7.75. The molecule has 1 amide bonds. The van der Waals surface area contributed by atoms with Crippen molar-refractivity contribution in [3.05, 3.63) is 34.3 Å². The summed E-state index contributed by atoms with van der Waals surface area (Å²) in [5, 5.41) is 12.2. The SMILES string of the molecule is CC(NC(=O)CC(C)(C(=O)O)C(C)C)c1ccccc1Br. The van der Waals surface area contributed by atoms with Gasteiger partial charge in [0.2, 0.25) is 5.91 Å². The number of aliphatic carboxylic acids is 1. The average molecular weight is 356 g/mol. The maximum absolute atomic E-state index is 12.2. The fourth-order valence-corrected chi connectivity index (χ4v) is 2.68. The van der Waals surface area contributed by atoms with Gasteiger partial charge in [0.05, 0.1) is 11.5 Å². The zero-order valence-electron chi connectivity index (χ0n) is 12.8. The Bertz CT molecular complexity index is 530. The Morgan fingerprint density at radius 3 is 2.33 bits per heavy atom. The molecular formula is C16H22BrNO3. The van der Waals surface area contributed by atoms with E-state index in [0.29, 0.717) is 0 Å². The van der Waals surface area contributed by atoms with Gasteiger partial charge in [-0.25, -0.2) is 0 Å². The van der Waals surface area contributed by atoms with Crippen molar-refractivity contribution in [2.45, 2.75) is 40.2 Å². The second-order valence-electron chi connectivity index (χ2n) is 5.86. The molecule has 116 valence electrons. The van der Waals surface area contributed by atoms with E-state index in [9.17, 15) is 14.7 Å². The minimum Gasteiger partial charge on any atom is -0.481 e. The molecule has 0 saturated carbocycles. The van der Waals surface area contributed by atoms with Crippen LogP contribution in [0, 0.1) is 11.3 Å². The number of benzene rings is 1. The van der Waals surface area contributed by atoms with Crippen LogP contribution in [0.5, 0.6) is 0 Å². The summed E-state index contributed by atoms with van der Waals surface area (Å²) in [5.74, 6) is -1.32. The number of hydrogen-bond acceptors (Lipinski definition) is 2. The van der Waals surface area contributed by atoms with Gasteiger partial charge in [0.25, 0.3) is 0 Å². The van der Waals surface area contributed by atoms with E-state index >= 15 is 0 Å². The molecule has 1 rings (SSSR count). The molecule has 0 aromatic heterocycles. The van der Waals surface area contributed by atoms with Gasteiger partial charge in [0.1, 0.15) is 0 Å². The van der Waals surface area contributed by atoms with E-state index in [0.717, 1.165) is 10.0 Å². The van der Waals surface area contributed by atoms with E-state index in [1.807, 2.05) is 45.0 Å². The molecule has 2 atom stereocenters. The maximum atomic E-state index is 12.2. The van der Waals surface area contributed by atoms with E-state index in [4.69, 9.17) is 0 Å². The molecular weight excluding hydrogens is 334 g/mol. The normalized spacial score (nSPS) is 15.3. The van der Waals surface area contributed by atoms with Crippen molar-refractivity contribution in [1.82, 2.24) is 5.32 Å². The number of halogens is 1. The molecule has 0 bridgehead atoms. The summed E-state index contributed by atoms with van der Waals surface area (Å²) in [4.78, 5) is 23.6. The van der Waals surface area contributed by atoms with Gasteiger partial charge in [0.15, 0.2) is 0 Å². The monoisotopic (exact) mass is 355 g/mol. The van der Waals surface area contributed by atoms with Gasteiger partial charge < -0.3 is 10.4 Å². The highest BCUT2D eigenvalue weighted by molar-refractivity contribution is 9.10. The zero-order valence-corrected chi connectivity index (χ0v) is 14.4. The van der Waals surface area contributed by atoms with Crippen LogP contribution in [0.15, 0.2) is 28.7 Å². The molecule has 0 saturated heterocycles. The molecule has 5 heteroatoms. The quantitative estimate of drug-likeness (QED) is 0.816. The van der Waals surface area contributed by atoms with Crippen molar-refractivity contribution in [3.63, 3.8) is 0 Å². The third-order valence-electron chi connectivity index (χ3n) is 4.04. The van der Waals surface area contributed by atoms with Gasteiger partial charge in [-0.2, -0.15) is 0 Å². The van der Waals surface area contributed by atoms with Crippen molar-refractivity contribution in [2.75, 3.05) is 0 Å². The third kappa shape index (κ3) is 4.30. The van der Waals surface area contributed by atoms with E-state index in [1.54, 1.807) is 6.92 Å². The number of carboxylic acid groups (broad SMARTS) is 1. The Kier molecular flexibility index (Phi) is 5.96. The fourth-order valence-electron chi connectivity index (χ4n) is 2.06. The summed E-state index contributed by atoms with van der Waals surface area (Å²) in [7, 11) is 0. The van der Waals surface area contributed by atoms with E-state index in [1.165, 1.54) is 0 Å². The van der Waals surface area contributed by atoms with E-state index in [2.05, 4.69) is 21.2 Å². The number of nitrogens with one attached hydrogen (secondary N) is 1. The number of hydrogen-bond donors (Lipinski definition) is 2. The number of carbonyl (C=O) groups excluding carboxylic acids is 1. The lowest BCUT2D eigenvalue weighted by atomic mass is 9.76. The molecule has 2 N–H and O–H groups in total. The topological polar surface area (TPSA) is 66.4 Å². The highest BCUT2D eigenvalue weighted by Crippen LogP contribution is 2.32. The molecule has 0 aliphatic rings. The van der Waals surface area contributed by atoms with Crippen molar-refractivity contribution in [1.29, 1.82) is 0 Å². The van der Waals surface area contributed by atoms with Crippen LogP contribution in [-0.2, 0) is 9.59 Å². The molecule has 0 fully saturated rings. The molecule has 2 unspecified atom stereocenters. The predicted octanol–water partition coefficient (Wildman–Crippen LogP) is 3.76. The Hall–Kier alpha value is -1.36. The molecule has 0 spiro atoms. The lowest BCUT2D eigenvalue weighted by Crippen LogP contribution is -2.39. The molecule has 0 aliphatic heterocycles. The first-order chi connectivity index (χ1) is 9.68. The molecule has 4 nitrogen and oxygen atoms in total. The predicted molar refractivity (Wildman–Crippen MR) is 85.9 cm³/mol. The molecule has 0 heterocycles. The largest absolute Gasteiger partial charge is 0.481 e. The summed E-state index contributed by atoms with van der Waals surface area (Å²) < 4.78 is 0.919. The van der Waals surface area contributed by atoms with Crippen molar-refractivity contribution < 1.29 is 14.7 Å². The van der Waals surface area contributed by atoms with Crippen LogP contribution in [0.25, 0.3) is 0 Å². The van der Waals surface area contributed by atoms with E-state index < -0.39 is 11.4 Å². The lowest BCUT2D eigenvalue weighted by molar-refractivity contribution is -0.153. The fraction of sp³-hybridized carbons (Fsp3) is 0.500. The molecule has 0 aliphatic carbocycles. The van der Waals surface area contributed by atoms with Crippen LogP contribution in [-0.4, -0.2) is 17.0 Å². The maximum Gasteiger partial charge on any atom is 0.310 e. The summed E-state index contributed by atoms with van der Waals surface area (Å²) in [6.07, 6.45) is -0.0329. The highest BCUT2D eigenvalue weighted by atomic mass is 79.9. The van der Waals surface area contributed by atoms with Crippen LogP contribution in [0.2, 0.25) is 0 Å². The molecule has 0 radical (unpaired) electrons. The summed E-state index contributed by atoms with van der Waals surface area (Å²) in [6, 6.07) is 7.46. The van der Waals surface area contributed by atoms with E-state index in [-0.39, 0.29) is 24.3 Å². The van der Waals surface area contributed by atoms with Gasteiger partial charge in [-0.3, -0.25) is 9.59 Å². The highest BCUT2D eigenvalue weighted by Gasteiger charge is 2.39. The Morgan fingerprint density at radius 1 is 1.29 bits per heavy atom. The third-order valence-corrected chi connectivity index (χ3v) is 4.76. The minimum atomic E-state index is -1.06. The number of carbonyl (C=O) groups is 2. The molecule has 1 aromatic carbocycles. The Labute approximate surface area is 134 Å². The van der Waals surface area contributed by atoms with Gasteiger partial charge in [-0.1, -0.05) is 48.0 Å². The number of carboxylic acids is 1. The Balaban J connectivity index is 2.78. The number of amides is 1. The first kappa shape index (κ1) is 17.7. The van der Waals surface area contributed by atoms with Gasteiger partial charge in [-0.15, -0.1) is 0 Å². The van der Waals surface area contributed by atoms with Crippen LogP contribution in [0.4, 0.5) is 0 Å². The summed E-state index contributed by atoms with van der Waals surface area (Å²) in [5.41, 5.74) is -0.0926. The molecule has 1 aromatic rings.